The van der Waals surface area contributed by atoms with Gasteiger partial charge in [-0.15, -0.1) is 0 Å². The maximum absolute atomic E-state index is 12.9. The van der Waals surface area contributed by atoms with Gasteiger partial charge < -0.3 is 25.3 Å². The van der Waals surface area contributed by atoms with Crippen LogP contribution in [-0.2, 0) is 4.79 Å². The van der Waals surface area contributed by atoms with E-state index in [9.17, 15) is 9.59 Å². The number of nitrogens with zero attached hydrogens (tertiary/aromatic N) is 1. The summed E-state index contributed by atoms with van der Waals surface area (Å²) in [7, 11) is 0. The van der Waals surface area contributed by atoms with Crippen molar-refractivity contribution in [1.29, 1.82) is 0 Å². The maximum Gasteiger partial charge on any atom is 0.333 e. The van der Waals surface area contributed by atoms with Crippen molar-refractivity contribution in [1.82, 2.24) is 0 Å². The highest BCUT2D eigenvalue weighted by molar-refractivity contribution is 6.18. The van der Waals surface area contributed by atoms with Gasteiger partial charge in [-0.05, 0) is 39.0 Å². The Hall–Kier alpha value is -3.42. The summed E-state index contributed by atoms with van der Waals surface area (Å²) < 4.78 is 17.0. The number of ether oxygens (including phenoxy) is 3. The van der Waals surface area contributed by atoms with Crippen molar-refractivity contribution in [2.45, 2.75) is 27.7 Å². The number of rotatable bonds is 8. The van der Waals surface area contributed by atoms with E-state index < -0.39 is 11.9 Å². The molecule has 2 aromatic rings. The predicted octanol–water partition coefficient (Wildman–Crippen LogP) is 4.05. The van der Waals surface area contributed by atoms with Crippen molar-refractivity contribution in [2.75, 3.05) is 35.8 Å². The van der Waals surface area contributed by atoms with Gasteiger partial charge in [0.15, 0.2) is 11.5 Å². The second kappa shape index (κ2) is 10.2. The summed E-state index contributed by atoms with van der Waals surface area (Å²) >= 11 is 0. The molecule has 0 aliphatic rings. The quantitative estimate of drug-likeness (QED) is 0.647. The van der Waals surface area contributed by atoms with E-state index in [-0.39, 0.29) is 0 Å². The molecule has 0 aliphatic carbocycles. The zero-order chi connectivity index (χ0) is 21.4. The molecule has 0 atom stereocenters. The Morgan fingerprint density at radius 1 is 0.966 bits per heavy atom. The Kier molecular flexibility index (Phi) is 7.70. The SMILES string of the molecule is CCOc1cc(NC(=O)N(C(C)=O)c2cccc(N)c2)cc(OCC)c1OCC. The lowest BCUT2D eigenvalue weighted by Crippen LogP contribution is -2.38. The summed E-state index contributed by atoms with van der Waals surface area (Å²) in [6.07, 6.45) is 0. The average molecular weight is 401 g/mol. The molecule has 29 heavy (non-hydrogen) atoms. The molecule has 0 heterocycles. The molecule has 0 bridgehead atoms. The summed E-state index contributed by atoms with van der Waals surface area (Å²) in [6.45, 7) is 8.10. The molecule has 0 spiro atoms. The van der Waals surface area contributed by atoms with Crippen LogP contribution in [0.1, 0.15) is 27.7 Å². The highest BCUT2D eigenvalue weighted by Gasteiger charge is 2.22. The lowest BCUT2D eigenvalue weighted by atomic mass is 10.2. The van der Waals surface area contributed by atoms with Crippen LogP contribution in [0, 0.1) is 0 Å². The Morgan fingerprint density at radius 2 is 1.55 bits per heavy atom. The highest BCUT2D eigenvalue weighted by Crippen LogP contribution is 2.41. The van der Waals surface area contributed by atoms with Crippen LogP contribution in [0.4, 0.5) is 21.9 Å². The molecule has 8 heteroatoms. The topological polar surface area (TPSA) is 103 Å². The Labute approximate surface area is 170 Å². The van der Waals surface area contributed by atoms with Gasteiger partial charge >= 0.3 is 6.03 Å². The van der Waals surface area contributed by atoms with Gasteiger partial charge in [0, 0.05) is 24.7 Å². The summed E-state index contributed by atoms with van der Waals surface area (Å²) in [5, 5.41) is 2.72. The molecule has 0 fully saturated rings. The van der Waals surface area contributed by atoms with Gasteiger partial charge in [-0.2, -0.15) is 0 Å². The normalized spacial score (nSPS) is 10.2. The number of anilines is 3. The first-order valence-corrected chi connectivity index (χ1v) is 9.44. The average Bonchev–Trinajstić information content (AvgIpc) is 2.65. The number of benzene rings is 2. The highest BCUT2D eigenvalue weighted by atomic mass is 16.5. The van der Waals surface area contributed by atoms with E-state index in [0.717, 1.165) is 4.90 Å². The second-order valence-corrected chi connectivity index (χ2v) is 5.98. The first-order chi connectivity index (χ1) is 13.9. The van der Waals surface area contributed by atoms with Crippen LogP contribution >= 0.6 is 0 Å². The lowest BCUT2D eigenvalue weighted by molar-refractivity contribution is -0.115. The zero-order valence-electron chi connectivity index (χ0n) is 17.2. The van der Waals surface area contributed by atoms with Gasteiger partial charge in [0.05, 0.1) is 31.2 Å². The van der Waals surface area contributed by atoms with E-state index in [1.54, 1.807) is 36.4 Å². The van der Waals surface area contributed by atoms with Gasteiger partial charge in [-0.3, -0.25) is 4.79 Å². The number of nitrogens with one attached hydrogen (secondary N) is 1. The Balaban J connectivity index is 2.39. The molecule has 156 valence electrons. The molecule has 8 nitrogen and oxygen atoms in total. The standard InChI is InChI=1S/C21H27N3O5/c1-5-27-18-12-16(13-19(28-6-2)20(18)29-7-3)23-21(26)24(14(4)25)17-10-8-9-15(22)11-17/h8-13H,5-7,22H2,1-4H3,(H,23,26). The molecule has 0 radical (unpaired) electrons. The second-order valence-electron chi connectivity index (χ2n) is 5.98. The van der Waals surface area contributed by atoms with Crippen molar-refractivity contribution in [2.24, 2.45) is 0 Å². The summed E-state index contributed by atoms with van der Waals surface area (Å²) in [6, 6.07) is 9.17. The van der Waals surface area contributed by atoms with E-state index in [1.165, 1.54) is 6.92 Å². The molecule has 0 saturated carbocycles. The van der Waals surface area contributed by atoms with Crippen LogP contribution in [0.2, 0.25) is 0 Å². The van der Waals surface area contributed by atoms with E-state index in [0.29, 0.717) is 54.1 Å². The molecule has 3 N–H and O–H groups in total. The van der Waals surface area contributed by atoms with Crippen LogP contribution < -0.4 is 30.2 Å². The number of carbonyl (C=O) groups excluding carboxylic acids is 2. The number of imide groups is 1. The molecular weight excluding hydrogens is 374 g/mol. The Morgan fingerprint density at radius 3 is 2.03 bits per heavy atom. The zero-order valence-corrected chi connectivity index (χ0v) is 17.2. The first-order valence-electron chi connectivity index (χ1n) is 9.44. The van der Waals surface area contributed by atoms with Crippen LogP contribution in [0.25, 0.3) is 0 Å². The molecule has 0 aliphatic heterocycles. The summed E-state index contributed by atoms with van der Waals surface area (Å²) in [5.74, 6) is 0.894. The number of hydrogen-bond acceptors (Lipinski definition) is 6. The predicted molar refractivity (Wildman–Crippen MR) is 113 cm³/mol. The molecule has 0 aromatic heterocycles. The minimum atomic E-state index is -0.628. The first kappa shape index (κ1) is 21.9. The fourth-order valence-corrected chi connectivity index (χ4v) is 2.75. The molecule has 0 saturated heterocycles. The van der Waals surface area contributed by atoms with Crippen molar-refractivity contribution in [3.8, 4) is 17.2 Å². The number of amides is 3. The number of nitrogens with two attached hydrogens (primary N) is 1. The number of hydrogen-bond donors (Lipinski definition) is 2. The maximum atomic E-state index is 12.9. The number of carbonyl (C=O) groups is 2. The fourth-order valence-electron chi connectivity index (χ4n) is 2.75. The van der Waals surface area contributed by atoms with Gasteiger partial charge in [0.2, 0.25) is 11.7 Å². The molecule has 3 amide bonds. The Bertz CT molecular complexity index is 842. The fraction of sp³-hybridized carbons (Fsp3) is 0.333. The van der Waals surface area contributed by atoms with Crippen LogP contribution in [0.3, 0.4) is 0 Å². The largest absolute Gasteiger partial charge is 0.490 e. The minimum Gasteiger partial charge on any atom is -0.490 e. The minimum absolute atomic E-state index is 0.371. The van der Waals surface area contributed by atoms with Gasteiger partial charge in [0.25, 0.3) is 0 Å². The molecule has 0 unspecified atom stereocenters. The molecular formula is C21H27N3O5. The van der Waals surface area contributed by atoms with Crippen molar-refractivity contribution in [3.63, 3.8) is 0 Å². The van der Waals surface area contributed by atoms with Crippen LogP contribution in [0.5, 0.6) is 17.2 Å². The summed E-state index contributed by atoms with van der Waals surface area (Å²) in [4.78, 5) is 26.0. The van der Waals surface area contributed by atoms with E-state index >= 15 is 0 Å². The van der Waals surface area contributed by atoms with Crippen molar-refractivity contribution in [3.05, 3.63) is 36.4 Å². The monoisotopic (exact) mass is 401 g/mol. The number of urea groups is 1. The van der Waals surface area contributed by atoms with E-state index in [2.05, 4.69) is 5.32 Å². The summed E-state index contributed by atoms with van der Waals surface area (Å²) in [5.41, 5.74) is 7.00. The van der Waals surface area contributed by atoms with Crippen LogP contribution in [0.15, 0.2) is 36.4 Å². The smallest absolute Gasteiger partial charge is 0.333 e. The van der Waals surface area contributed by atoms with Gasteiger partial charge in [0.1, 0.15) is 0 Å². The number of nitrogen functional groups attached to an aromatic ring is 1. The third-order valence-electron chi connectivity index (χ3n) is 3.81. The lowest BCUT2D eigenvalue weighted by Gasteiger charge is -2.21. The van der Waals surface area contributed by atoms with Crippen molar-refractivity contribution >= 4 is 29.0 Å². The van der Waals surface area contributed by atoms with Gasteiger partial charge in [-0.1, -0.05) is 6.07 Å². The third kappa shape index (κ3) is 5.54. The van der Waals surface area contributed by atoms with Gasteiger partial charge in [-0.25, -0.2) is 9.69 Å². The molecule has 2 aromatic carbocycles. The van der Waals surface area contributed by atoms with E-state index in [4.69, 9.17) is 19.9 Å². The van der Waals surface area contributed by atoms with Crippen LogP contribution in [-0.4, -0.2) is 31.8 Å². The van der Waals surface area contributed by atoms with Crippen molar-refractivity contribution < 1.29 is 23.8 Å². The van der Waals surface area contributed by atoms with E-state index in [1.807, 2.05) is 20.8 Å². The third-order valence-corrected chi connectivity index (χ3v) is 3.81. The molecule has 2 rings (SSSR count).